The van der Waals surface area contributed by atoms with Crippen molar-refractivity contribution < 1.29 is 14.6 Å². The summed E-state index contributed by atoms with van der Waals surface area (Å²) in [5.41, 5.74) is 0.227. The Balaban J connectivity index is 3.01. The third-order valence-electron chi connectivity index (χ3n) is 1.45. The summed E-state index contributed by atoms with van der Waals surface area (Å²) >= 11 is 3.17. The highest BCUT2D eigenvalue weighted by atomic mass is 79.9. The van der Waals surface area contributed by atoms with E-state index in [0.717, 1.165) is 0 Å². The van der Waals surface area contributed by atoms with Crippen LogP contribution in [0.5, 0.6) is 11.5 Å². The molecule has 1 aromatic carbocycles. The second kappa shape index (κ2) is 4.28. The van der Waals surface area contributed by atoms with Crippen LogP contribution in [0.2, 0.25) is 0 Å². The lowest BCUT2D eigenvalue weighted by atomic mass is 10.2. The summed E-state index contributed by atoms with van der Waals surface area (Å²) < 4.78 is 5.20. The standard InChI is InChI=1S/C9H9BrO3/c1-6(10)13-8-4-2-3-7(5-11)9(8)12/h2-6,12H,1H3. The smallest absolute Gasteiger partial charge is 0.168 e. The van der Waals surface area contributed by atoms with Gasteiger partial charge in [0.1, 0.15) is 0 Å². The highest BCUT2D eigenvalue weighted by molar-refractivity contribution is 9.09. The molecule has 0 aliphatic carbocycles. The summed E-state index contributed by atoms with van der Waals surface area (Å²) in [4.78, 5) is 10.4. The van der Waals surface area contributed by atoms with Crippen molar-refractivity contribution in [2.75, 3.05) is 0 Å². The number of aldehydes is 1. The number of hydrogen-bond donors (Lipinski definition) is 1. The molecule has 0 aromatic heterocycles. The van der Waals surface area contributed by atoms with Crippen LogP contribution in [0.25, 0.3) is 0 Å². The number of phenols is 1. The van der Waals surface area contributed by atoms with Crippen molar-refractivity contribution in [2.45, 2.75) is 11.9 Å². The first kappa shape index (κ1) is 10.1. The molecule has 0 amide bonds. The molecule has 1 aromatic rings. The van der Waals surface area contributed by atoms with Crippen molar-refractivity contribution >= 4 is 22.2 Å². The molecule has 1 rings (SSSR count). The molecule has 1 atom stereocenters. The summed E-state index contributed by atoms with van der Waals surface area (Å²) in [5.74, 6) is 0.178. The molecule has 1 N–H and O–H groups in total. The summed E-state index contributed by atoms with van der Waals surface area (Å²) in [6, 6.07) is 4.77. The Bertz CT molecular complexity index is 310. The summed E-state index contributed by atoms with van der Waals surface area (Å²) in [6.45, 7) is 1.77. The molecule has 13 heavy (non-hydrogen) atoms. The molecule has 0 bridgehead atoms. The lowest BCUT2D eigenvalue weighted by molar-refractivity contribution is 0.112. The molecule has 1 unspecified atom stereocenters. The Kier molecular flexibility index (Phi) is 3.31. The third-order valence-corrected chi connectivity index (χ3v) is 1.63. The SMILES string of the molecule is CC(Br)Oc1cccc(C=O)c1O. The zero-order valence-corrected chi connectivity index (χ0v) is 8.61. The monoisotopic (exact) mass is 244 g/mol. The minimum absolute atomic E-state index is 0.121. The van der Waals surface area contributed by atoms with Gasteiger partial charge in [-0.05, 0) is 35.0 Å². The molecule has 0 saturated heterocycles. The van der Waals surface area contributed by atoms with Crippen molar-refractivity contribution in [2.24, 2.45) is 0 Å². The molecule has 70 valence electrons. The molecular weight excluding hydrogens is 236 g/mol. The van der Waals surface area contributed by atoms with E-state index in [-0.39, 0.29) is 16.3 Å². The normalized spacial score (nSPS) is 12.2. The second-order valence-electron chi connectivity index (χ2n) is 2.47. The van der Waals surface area contributed by atoms with Crippen LogP contribution in [0.3, 0.4) is 0 Å². The van der Waals surface area contributed by atoms with Crippen LogP contribution < -0.4 is 4.74 Å². The molecule has 3 nitrogen and oxygen atoms in total. The largest absolute Gasteiger partial charge is 0.504 e. The van der Waals surface area contributed by atoms with Gasteiger partial charge in [0.15, 0.2) is 22.8 Å². The highest BCUT2D eigenvalue weighted by Crippen LogP contribution is 2.29. The van der Waals surface area contributed by atoms with E-state index in [9.17, 15) is 9.90 Å². The van der Waals surface area contributed by atoms with Gasteiger partial charge < -0.3 is 9.84 Å². The van der Waals surface area contributed by atoms with Gasteiger partial charge in [-0.3, -0.25) is 4.79 Å². The Morgan fingerprint density at radius 1 is 1.62 bits per heavy atom. The number of benzene rings is 1. The van der Waals surface area contributed by atoms with Gasteiger partial charge in [-0.1, -0.05) is 6.07 Å². The average Bonchev–Trinajstić information content (AvgIpc) is 2.08. The van der Waals surface area contributed by atoms with E-state index in [4.69, 9.17) is 4.74 Å². The minimum Gasteiger partial charge on any atom is -0.504 e. The molecule has 4 heteroatoms. The van der Waals surface area contributed by atoms with Crippen LogP contribution in [0.1, 0.15) is 17.3 Å². The van der Waals surface area contributed by atoms with Crippen LogP contribution in [0, 0.1) is 0 Å². The number of phenolic OH excluding ortho intramolecular Hbond substituents is 1. The maximum absolute atomic E-state index is 10.4. The van der Waals surface area contributed by atoms with E-state index in [2.05, 4.69) is 15.9 Å². The van der Waals surface area contributed by atoms with E-state index in [1.807, 2.05) is 0 Å². The third kappa shape index (κ3) is 2.45. The average molecular weight is 245 g/mol. The molecule has 0 saturated carbocycles. The maximum Gasteiger partial charge on any atom is 0.168 e. The number of halogens is 1. The number of hydrogen-bond acceptors (Lipinski definition) is 3. The van der Waals surface area contributed by atoms with Gasteiger partial charge in [0.25, 0.3) is 0 Å². The number of rotatable bonds is 3. The minimum atomic E-state index is -0.208. The number of alkyl halides is 1. The predicted molar refractivity (Wildman–Crippen MR) is 52.5 cm³/mol. The second-order valence-corrected chi connectivity index (χ2v) is 3.76. The highest BCUT2D eigenvalue weighted by Gasteiger charge is 2.08. The lowest BCUT2D eigenvalue weighted by Crippen LogP contribution is -2.02. The number of ether oxygens (including phenoxy) is 1. The summed E-state index contributed by atoms with van der Waals surface area (Å²) in [7, 11) is 0. The molecule has 0 aliphatic rings. The molecule has 0 heterocycles. The molecule has 0 radical (unpaired) electrons. The van der Waals surface area contributed by atoms with Gasteiger partial charge in [0, 0.05) is 0 Å². The summed E-state index contributed by atoms with van der Waals surface area (Å²) in [6.07, 6.45) is 0.584. The van der Waals surface area contributed by atoms with Gasteiger partial charge in [-0.2, -0.15) is 0 Å². The van der Waals surface area contributed by atoms with Gasteiger partial charge in [0.05, 0.1) is 5.56 Å². The van der Waals surface area contributed by atoms with Crippen LogP contribution in [-0.4, -0.2) is 16.4 Å². The van der Waals surface area contributed by atoms with Crippen molar-refractivity contribution in [3.8, 4) is 11.5 Å². The van der Waals surface area contributed by atoms with Crippen molar-refractivity contribution in [1.82, 2.24) is 0 Å². The first-order chi connectivity index (χ1) is 6.15. The van der Waals surface area contributed by atoms with E-state index >= 15 is 0 Å². The Morgan fingerprint density at radius 3 is 2.85 bits per heavy atom. The van der Waals surface area contributed by atoms with Crippen LogP contribution in [0.15, 0.2) is 18.2 Å². The van der Waals surface area contributed by atoms with Gasteiger partial charge in [0.2, 0.25) is 0 Å². The van der Waals surface area contributed by atoms with Gasteiger partial charge in [-0.15, -0.1) is 0 Å². The van der Waals surface area contributed by atoms with E-state index in [0.29, 0.717) is 12.0 Å². The van der Waals surface area contributed by atoms with Crippen molar-refractivity contribution in [1.29, 1.82) is 0 Å². The Labute approximate surface area is 84.5 Å². The van der Waals surface area contributed by atoms with Crippen LogP contribution in [-0.2, 0) is 0 Å². The number of carbonyl (C=O) groups is 1. The van der Waals surface area contributed by atoms with Crippen molar-refractivity contribution in [3.05, 3.63) is 23.8 Å². The fourth-order valence-corrected chi connectivity index (χ4v) is 1.11. The first-order valence-corrected chi connectivity index (χ1v) is 4.64. The number of para-hydroxylation sites is 1. The predicted octanol–water partition coefficient (Wildman–Crippen LogP) is 2.32. The van der Waals surface area contributed by atoms with Crippen LogP contribution in [0.4, 0.5) is 0 Å². The fraction of sp³-hybridized carbons (Fsp3) is 0.222. The summed E-state index contributed by atoms with van der Waals surface area (Å²) in [5, 5.41) is 9.25. The molecule has 0 fully saturated rings. The van der Waals surface area contributed by atoms with Gasteiger partial charge in [-0.25, -0.2) is 0 Å². The first-order valence-electron chi connectivity index (χ1n) is 3.73. The fourth-order valence-electron chi connectivity index (χ4n) is 0.904. The maximum atomic E-state index is 10.4. The van der Waals surface area contributed by atoms with E-state index in [1.165, 1.54) is 6.07 Å². The van der Waals surface area contributed by atoms with Gasteiger partial charge >= 0.3 is 0 Å². The zero-order chi connectivity index (χ0) is 9.84. The zero-order valence-electron chi connectivity index (χ0n) is 7.03. The van der Waals surface area contributed by atoms with E-state index in [1.54, 1.807) is 19.1 Å². The number of aromatic hydroxyl groups is 1. The van der Waals surface area contributed by atoms with E-state index < -0.39 is 0 Å². The number of carbonyl (C=O) groups excluding carboxylic acids is 1. The molecular formula is C9H9BrO3. The Hall–Kier alpha value is -1.03. The molecule has 0 aliphatic heterocycles. The van der Waals surface area contributed by atoms with Crippen LogP contribution >= 0.6 is 15.9 Å². The lowest BCUT2D eigenvalue weighted by Gasteiger charge is -2.10. The Morgan fingerprint density at radius 2 is 2.31 bits per heavy atom. The quantitative estimate of drug-likeness (QED) is 0.656. The van der Waals surface area contributed by atoms with Crippen molar-refractivity contribution in [3.63, 3.8) is 0 Å². The molecule has 0 spiro atoms. The topological polar surface area (TPSA) is 46.5 Å².